The van der Waals surface area contributed by atoms with Crippen LogP contribution < -0.4 is 9.64 Å². The number of aryl methyl sites for hydroxylation is 2. The van der Waals surface area contributed by atoms with Crippen LogP contribution in [0.25, 0.3) is 11.4 Å². The number of rotatable bonds is 7. The molecule has 10 nitrogen and oxygen atoms in total. The number of ether oxygens (including phenoxy) is 1. The van der Waals surface area contributed by atoms with Crippen LogP contribution in [-0.4, -0.2) is 48.6 Å². The summed E-state index contributed by atoms with van der Waals surface area (Å²) in [6.07, 6.45) is 1.81. The fourth-order valence-corrected chi connectivity index (χ4v) is 7.65. The minimum atomic E-state index is -1.14. The van der Waals surface area contributed by atoms with Crippen LogP contribution in [0.15, 0.2) is 69.1 Å². The molecule has 44 heavy (non-hydrogen) atoms. The van der Waals surface area contributed by atoms with E-state index in [-0.39, 0.29) is 32.4 Å². The first kappa shape index (κ1) is 30.1. The van der Waals surface area contributed by atoms with Gasteiger partial charge in [0.1, 0.15) is 11.3 Å². The van der Waals surface area contributed by atoms with Crippen LogP contribution in [0, 0.1) is 13.8 Å². The molecule has 1 aliphatic rings. The number of pyridine rings is 1. The number of hydrogen-bond acceptors (Lipinski definition) is 10. The molecule has 1 amide bonds. The highest BCUT2D eigenvalue weighted by Gasteiger charge is 2.49. The van der Waals surface area contributed by atoms with Crippen molar-refractivity contribution in [2.24, 2.45) is 0 Å². The minimum Gasteiger partial charge on any atom is -0.505 e. The van der Waals surface area contributed by atoms with Crippen molar-refractivity contribution in [3.63, 3.8) is 0 Å². The summed E-state index contributed by atoms with van der Waals surface area (Å²) in [7, 11) is 1.39. The first-order valence-electron chi connectivity index (χ1n) is 13.1. The number of aromatic nitrogens is 4. The van der Waals surface area contributed by atoms with Gasteiger partial charge >= 0.3 is 5.91 Å². The van der Waals surface area contributed by atoms with Crippen LogP contribution in [0.3, 0.4) is 0 Å². The number of aliphatic hydroxyl groups excluding tert-OH is 1. The van der Waals surface area contributed by atoms with Gasteiger partial charge in [0.25, 0.3) is 5.78 Å². The number of methoxy groups -OCH3 is 1. The predicted molar refractivity (Wildman–Crippen MR) is 173 cm³/mol. The lowest BCUT2D eigenvalue weighted by Gasteiger charge is -2.23. The Kier molecular flexibility index (Phi) is 8.14. The number of nitrogens with zero attached hydrogens (tertiary/aromatic N) is 5. The van der Waals surface area contributed by atoms with Crippen molar-refractivity contribution in [1.29, 1.82) is 0 Å². The van der Waals surface area contributed by atoms with E-state index in [1.807, 2.05) is 47.9 Å². The van der Waals surface area contributed by atoms with E-state index < -0.39 is 23.5 Å². The van der Waals surface area contributed by atoms with Gasteiger partial charge in [-0.15, -0.1) is 10.2 Å². The molecule has 3 aromatic heterocycles. The number of thioether (sulfide) groups is 1. The first-order chi connectivity index (χ1) is 21.1. The van der Waals surface area contributed by atoms with Crippen molar-refractivity contribution in [1.82, 2.24) is 19.6 Å². The summed E-state index contributed by atoms with van der Waals surface area (Å²) in [6.45, 7) is 3.66. The van der Waals surface area contributed by atoms with Crippen molar-refractivity contribution >= 4 is 78.9 Å². The van der Waals surface area contributed by atoms with Crippen LogP contribution in [-0.2, 0) is 15.3 Å². The third-order valence-corrected chi connectivity index (χ3v) is 10.3. The second-order valence-corrected chi connectivity index (χ2v) is 13.3. The van der Waals surface area contributed by atoms with E-state index in [9.17, 15) is 19.8 Å². The third kappa shape index (κ3) is 5.13. The molecule has 0 aliphatic carbocycles. The Hall–Kier alpha value is -3.91. The highest BCUT2D eigenvalue weighted by atomic mass is 79.9. The number of amides is 1. The molecule has 4 heterocycles. The number of Topliss-reactive ketones (excluding diaryl/α,β-unsaturated/α-hetero) is 1. The molecule has 1 fully saturated rings. The summed E-state index contributed by atoms with van der Waals surface area (Å²) in [4.78, 5) is 33.3. The number of aromatic hydroxyl groups is 1. The second-order valence-electron chi connectivity index (χ2n) is 9.88. The quantitative estimate of drug-likeness (QED) is 0.0612. The Bertz CT molecular complexity index is 2010. The topological polar surface area (TPSA) is 130 Å². The number of benzene rings is 2. The molecule has 0 spiro atoms. The van der Waals surface area contributed by atoms with Gasteiger partial charge in [-0.2, -0.15) is 0 Å². The average molecular weight is 713 g/mol. The third-order valence-electron chi connectivity index (χ3n) is 7.25. The lowest BCUT2D eigenvalue weighted by Crippen LogP contribution is -2.29. The van der Waals surface area contributed by atoms with Crippen LogP contribution in [0.1, 0.15) is 34.1 Å². The van der Waals surface area contributed by atoms with Crippen LogP contribution in [0.5, 0.6) is 11.5 Å². The van der Waals surface area contributed by atoms with Gasteiger partial charge in [0.05, 0.1) is 28.9 Å². The zero-order valence-corrected chi connectivity index (χ0v) is 27.4. The zero-order valence-electron chi connectivity index (χ0n) is 23.4. The Morgan fingerprint density at radius 2 is 1.93 bits per heavy atom. The number of phenols is 1. The normalized spacial score (nSPS) is 16.3. The molecule has 14 heteroatoms. The number of carbonyl (C=O) groups is 2. The summed E-state index contributed by atoms with van der Waals surface area (Å²) in [5, 5.41) is 31.5. The standard InChI is InChI=1S/C30H23BrClN5O5S2/c1-14-7-6-10-36-15(2)22(33-27(14)36)25(39)21-23(17-11-18(31)24(38)20(12-17)42-3)37(28(41)26(21)40)29-34-35-30(44-29)43-13-16-8-4-5-9-19(16)32/h4-12,23,38-39H,13H2,1-3H3/b25-21+. The van der Waals surface area contributed by atoms with Crippen LogP contribution >= 0.6 is 50.6 Å². The number of anilines is 1. The first-order valence-corrected chi connectivity index (χ1v) is 16.1. The number of ketones is 1. The monoisotopic (exact) mass is 711 g/mol. The van der Waals surface area contributed by atoms with Crippen molar-refractivity contribution in [2.45, 2.75) is 30.0 Å². The van der Waals surface area contributed by atoms with E-state index in [1.165, 1.54) is 29.8 Å². The second kappa shape index (κ2) is 11.9. The number of aliphatic hydroxyl groups is 1. The van der Waals surface area contributed by atoms with Gasteiger partial charge in [-0.05, 0) is 70.7 Å². The molecular weight excluding hydrogens is 690 g/mol. The maximum atomic E-state index is 13.7. The molecule has 6 rings (SSSR count). The van der Waals surface area contributed by atoms with Crippen LogP contribution in [0.4, 0.5) is 5.13 Å². The average Bonchev–Trinajstić information content (AvgIpc) is 3.69. The number of halogens is 2. The van der Waals surface area contributed by atoms with Crippen molar-refractivity contribution in [3.05, 3.63) is 97.9 Å². The summed E-state index contributed by atoms with van der Waals surface area (Å²) >= 11 is 12.2. The Morgan fingerprint density at radius 1 is 1.16 bits per heavy atom. The summed E-state index contributed by atoms with van der Waals surface area (Å²) < 4.78 is 7.99. The van der Waals surface area contributed by atoms with Crippen LogP contribution in [0.2, 0.25) is 5.02 Å². The molecule has 224 valence electrons. The van der Waals surface area contributed by atoms with E-state index in [2.05, 4.69) is 31.1 Å². The molecule has 1 atom stereocenters. The summed E-state index contributed by atoms with van der Waals surface area (Å²) in [6, 6.07) is 13.1. The van der Waals surface area contributed by atoms with E-state index >= 15 is 0 Å². The van der Waals surface area contributed by atoms with E-state index in [1.54, 1.807) is 19.1 Å². The van der Waals surface area contributed by atoms with Crippen molar-refractivity contribution in [3.8, 4) is 11.5 Å². The number of imidazole rings is 1. The summed E-state index contributed by atoms with van der Waals surface area (Å²) in [5.41, 5.74) is 3.34. The largest absolute Gasteiger partial charge is 0.505 e. The SMILES string of the molecule is COc1cc(C2/C(=C(\O)c3nc4c(C)cccn4c3C)C(=O)C(=O)N2c2nnc(SCc3ccccc3Cl)s2)cc(Br)c1O. The Morgan fingerprint density at radius 3 is 2.66 bits per heavy atom. The molecule has 0 radical (unpaired) electrons. The highest BCUT2D eigenvalue weighted by Crippen LogP contribution is 2.47. The van der Waals surface area contributed by atoms with Crippen molar-refractivity contribution < 1.29 is 24.5 Å². The molecule has 0 bridgehead atoms. The number of fused-ring (bicyclic) bond motifs is 1. The molecule has 2 aromatic carbocycles. The summed E-state index contributed by atoms with van der Waals surface area (Å²) in [5.74, 6) is -1.77. The highest BCUT2D eigenvalue weighted by molar-refractivity contribution is 9.10. The zero-order chi connectivity index (χ0) is 31.3. The predicted octanol–water partition coefficient (Wildman–Crippen LogP) is 6.85. The maximum absolute atomic E-state index is 13.7. The number of phenolic OH excluding ortho intramolecular Hbond substituents is 1. The van der Waals surface area contributed by atoms with E-state index in [4.69, 9.17) is 16.3 Å². The van der Waals surface area contributed by atoms with Gasteiger partial charge in [-0.3, -0.25) is 14.5 Å². The Labute approximate surface area is 273 Å². The van der Waals surface area contributed by atoms with Crippen molar-refractivity contribution in [2.75, 3.05) is 12.0 Å². The van der Waals surface area contributed by atoms with Gasteiger partial charge in [0.15, 0.2) is 21.6 Å². The van der Waals surface area contributed by atoms with E-state index in [0.29, 0.717) is 32.0 Å². The number of carbonyl (C=O) groups excluding carboxylic acids is 2. The lowest BCUT2D eigenvalue weighted by molar-refractivity contribution is -0.132. The molecular formula is C30H23BrClN5O5S2. The molecule has 2 N–H and O–H groups in total. The minimum absolute atomic E-state index is 0.104. The molecule has 5 aromatic rings. The molecule has 1 saturated heterocycles. The van der Waals surface area contributed by atoms with Gasteiger partial charge in [-0.25, -0.2) is 4.98 Å². The smallest absolute Gasteiger partial charge is 0.301 e. The molecule has 0 saturated carbocycles. The number of hydrogen-bond donors (Lipinski definition) is 2. The lowest BCUT2D eigenvalue weighted by atomic mass is 9.96. The molecule has 1 aliphatic heterocycles. The van der Waals surface area contributed by atoms with Gasteiger partial charge in [-0.1, -0.05) is 59.0 Å². The van der Waals surface area contributed by atoms with E-state index in [0.717, 1.165) is 22.5 Å². The molecule has 1 unspecified atom stereocenters. The van der Waals surface area contributed by atoms with Gasteiger partial charge in [0.2, 0.25) is 5.13 Å². The maximum Gasteiger partial charge on any atom is 0.301 e. The van der Waals surface area contributed by atoms with Gasteiger partial charge in [0, 0.05) is 17.0 Å². The fourth-order valence-electron chi connectivity index (χ4n) is 5.04. The fraction of sp³-hybridized carbons (Fsp3) is 0.167. The van der Waals surface area contributed by atoms with Gasteiger partial charge < -0.3 is 19.4 Å². The Balaban J connectivity index is 1.49.